The number of pyridine rings is 1. The highest BCUT2D eigenvalue weighted by Crippen LogP contribution is 2.22. The summed E-state index contributed by atoms with van der Waals surface area (Å²) in [5.74, 6) is 0.0633. The van der Waals surface area contributed by atoms with E-state index in [2.05, 4.69) is 9.88 Å². The summed E-state index contributed by atoms with van der Waals surface area (Å²) in [6.45, 7) is 4.45. The van der Waals surface area contributed by atoms with Gasteiger partial charge in [-0.25, -0.2) is 13.4 Å². The Morgan fingerprint density at radius 3 is 2.48 bits per heavy atom. The maximum atomic E-state index is 12.8. The van der Waals surface area contributed by atoms with Gasteiger partial charge in [0.05, 0.1) is 23.4 Å². The Morgan fingerprint density at radius 1 is 1.24 bits per heavy atom. The number of rotatable bonds is 4. The number of amides is 1. The van der Waals surface area contributed by atoms with Crippen LogP contribution in [0.25, 0.3) is 0 Å². The molecule has 2 fully saturated rings. The summed E-state index contributed by atoms with van der Waals surface area (Å²) in [5.41, 5.74) is 1.45. The lowest BCUT2D eigenvalue weighted by Gasteiger charge is -2.27. The molecule has 25 heavy (non-hydrogen) atoms. The first-order valence-electron chi connectivity index (χ1n) is 9.22. The molecule has 138 valence electrons. The predicted molar refractivity (Wildman–Crippen MR) is 98.7 cm³/mol. The summed E-state index contributed by atoms with van der Waals surface area (Å²) in [4.78, 5) is 21.1. The summed E-state index contributed by atoms with van der Waals surface area (Å²) in [5, 5.41) is 0. The molecule has 1 atom stereocenters. The zero-order valence-corrected chi connectivity index (χ0v) is 15.7. The molecular formula is C18H27N3O3S. The van der Waals surface area contributed by atoms with Crippen LogP contribution in [0.4, 0.5) is 5.69 Å². The Bertz CT molecular complexity index is 695. The number of anilines is 1. The maximum Gasteiger partial charge on any atom is 0.272 e. The fourth-order valence-corrected chi connectivity index (χ4v) is 5.50. The van der Waals surface area contributed by atoms with E-state index in [1.807, 2.05) is 13.0 Å². The van der Waals surface area contributed by atoms with Crippen LogP contribution in [0, 0.1) is 0 Å². The van der Waals surface area contributed by atoms with Gasteiger partial charge in [-0.15, -0.1) is 0 Å². The lowest BCUT2D eigenvalue weighted by atomic mass is 10.2. The summed E-state index contributed by atoms with van der Waals surface area (Å²) in [6, 6.07) is 3.51. The fourth-order valence-electron chi connectivity index (χ4n) is 3.76. The van der Waals surface area contributed by atoms with E-state index in [0.717, 1.165) is 18.8 Å². The molecule has 0 saturated carbocycles. The van der Waals surface area contributed by atoms with Crippen molar-refractivity contribution in [1.82, 2.24) is 9.88 Å². The average Bonchev–Trinajstić information content (AvgIpc) is 2.81. The third kappa shape index (κ3) is 4.32. The molecule has 3 heterocycles. The van der Waals surface area contributed by atoms with Gasteiger partial charge in [-0.2, -0.15) is 0 Å². The second-order valence-corrected chi connectivity index (χ2v) is 9.18. The minimum Gasteiger partial charge on any atom is -0.370 e. The molecule has 1 aromatic heterocycles. The average molecular weight is 365 g/mol. The van der Waals surface area contributed by atoms with Gasteiger partial charge in [0.2, 0.25) is 0 Å². The van der Waals surface area contributed by atoms with E-state index in [1.165, 1.54) is 25.7 Å². The third-order valence-electron chi connectivity index (χ3n) is 5.19. The highest BCUT2D eigenvalue weighted by molar-refractivity contribution is 7.91. The molecule has 0 aromatic carbocycles. The van der Waals surface area contributed by atoms with Crippen LogP contribution >= 0.6 is 0 Å². The normalized spacial score (nSPS) is 23.2. The fraction of sp³-hybridized carbons (Fsp3) is 0.667. The summed E-state index contributed by atoms with van der Waals surface area (Å²) in [6.07, 6.45) is 7.24. The summed E-state index contributed by atoms with van der Waals surface area (Å²) in [7, 11) is -3.01. The molecule has 0 N–H and O–H groups in total. The minimum atomic E-state index is -3.01. The van der Waals surface area contributed by atoms with Crippen LogP contribution in [-0.4, -0.2) is 61.4 Å². The molecule has 1 amide bonds. The van der Waals surface area contributed by atoms with E-state index in [4.69, 9.17) is 0 Å². The Morgan fingerprint density at radius 2 is 1.96 bits per heavy atom. The predicted octanol–water partition coefficient (Wildman–Crippen LogP) is 2.11. The number of aromatic nitrogens is 1. The first-order valence-corrected chi connectivity index (χ1v) is 11.0. The van der Waals surface area contributed by atoms with E-state index in [1.54, 1.807) is 17.2 Å². The molecule has 7 heteroatoms. The second kappa shape index (κ2) is 7.72. The van der Waals surface area contributed by atoms with Crippen LogP contribution in [0.5, 0.6) is 0 Å². The number of sulfone groups is 1. The topological polar surface area (TPSA) is 70.6 Å². The van der Waals surface area contributed by atoms with Gasteiger partial charge in [0.1, 0.15) is 5.69 Å². The first kappa shape index (κ1) is 18.2. The van der Waals surface area contributed by atoms with Gasteiger partial charge < -0.3 is 9.80 Å². The van der Waals surface area contributed by atoms with E-state index in [0.29, 0.717) is 18.7 Å². The van der Waals surface area contributed by atoms with Gasteiger partial charge >= 0.3 is 0 Å². The van der Waals surface area contributed by atoms with Crippen LogP contribution < -0.4 is 4.90 Å². The monoisotopic (exact) mass is 365 g/mol. The lowest BCUT2D eigenvalue weighted by molar-refractivity contribution is 0.0702. The van der Waals surface area contributed by atoms with Gasteiger partial charge in [0.15, 0.2) is 9.84 Å². The van der Waals surface area contributed by atoms with Crippen LogP contribution in [0.3, 0.4) is 0 Å². The molecule has 3 rings (SSSR count). The molecule has 2 aliphatic heterocycles. The first-order chi connectivity index (χ1) is 12.0. The number of nitrogens with zero attached hydrogens (tertiary/aromatic N) is 3. The van der Waals surface area contributed by atoms with Gasteiger partial charge in [0, 0.05) is 25.7 Å². The Hall–Kier alpha value is -1.63. The van der Waals surface area contributed by atoms with Crippen molar-refractivity contribution in [2.24, 2.45) is 0 Å². The van der Waals surface area contributed by atoms with Crippen molar-refractivity contribution in [3.63, 3.8) is 0 Å². The van der Waals surface area contributed by atoms with Gasteiger partial charge in [-0.05, 0) is 38.3 Å². The van der Waals surface area contributed by atoms with E-state index in [-0.39, 0.29) is 23.5 Å². The van der Waals surface area contributed by atoms with Crippen LogP contribution in [-0.2, 0) is 9.84 Å². The molecule has 2 aliphatic rings. The zero-order valence-electron chi connectivity index (χ0n) is 14.9. The SMILES string of the molecule is CCN(C(=O)c1ccc(N2CCCCCC2)cn1)C1CCS(=O)(=O)C1. The van der Waals surface area contributed by atoms with Gasteiger partial charge in [0.25, 0.3) is 5.91 Å². The molecule has 2 saturated heterocycles. The Labute approximate surface area is 150 Å². The lowest BCUT2D eigenvalue weighted by Crippen LogP contribution is -2.41. The van der Waals surface area contributed by atoms with Crippen molar-refractivity contribution in [3.05, 3.63) is 24.0 Å². The quantitative estimate of drug-likeness (QED) is 0.817. The van der Waals surface area contributed by atoms with E-state index < -0.39 is 9.84 Å². The molecule has 1 unspecified atom stereocenters. The van der Waals surface area contributed by atoms with Crippen molar-refractivity contribution < 1.29 is 13.2 Å². The summed E-state index contributed by atoms with van der Waals surface area (Å²) >= 11 is 0. The number of hydrogen-bond acceptors (Lipinski definition) is 5. The van der Waals surface area contributed by atoms with E-state index in [9.17, 15) is 13.2 Å². The highest BCUT2D eigenvalue weighted by atomic mass is 32.2. The summed E-state index contributed by atoms with van der Waals surface area (Å²) < 4.78 is 23.4. The standard InChI is InChI=1S/C18H27N3O3S/c1-2-21(16-9-12-25(23,24)14-16)18(22)17-8-7-15(13-19-17)20-10-5-3-4-6-11-20/h7-8,13,16H,2-6,9-12,14H2,1H3. The molecule has 0 bridgehead atoms. The highest BCUT2D eigenvalue weighted by Gasteiger charge is 2.34. The Balaban J connectivity index is 1.71. The van der Waals surface area contributed by atoms with Crippen molar-refractivity contribution >= 4 is 21.4 Å². The largest absolute Gasteiger partial charge is 0.370 e. The van der Waals surface area contributed by atoms with Crippen molar-refractivity contribution in [1.29, 1.82) is 0 Å². The van der Waals surface area contributed by atoms with Gasteiger partial charge in [-0.3, -0.25) is 4.79 Å². The number of hydrogen-bond donors (Lipinski definition) is 0. The van der Waals surface area contributed by atoms with Gasteiger partial charge in [-0.1, -0.05) is 12.8 Å². The molecule has 0 radical (unpaired) electrons. The van der Waals surface area contributed by atoms with E-state index >= 15 is 0 Å². The van der Waals surface area contributed by atoms with Crippen LogP contribution in [0.15, 0.2) is 18.3 Å². The smallest absolute Gasteiger partial charge is 0.272 e. The second-order valence-electron chi connectivity index (χ2n) is 6.95. The van der Waals surface area contributed by atoms with Crippen molar-refractivity contribution in [2.45, 2.75) is 45.1 Å². The molecular weight excluding hydrogens is 338 g/mol. The van der Waals surface area contributed by atoms with Crippen molar-refractivity contribution in [2.75, 3.05) is 36.0 Å². The number of carbonyl (C=O) groups is 1. The molecule has 6 nitrogen and oxygen atoms in total. The van der Waals surface area contributed by atoms with Crippen LogP contribution in [0.2, 0.25) is 0 Å². The minimum absolute atomic E-state index is 0.0679. The molecule has 0 spiro atoms. The zero-order chi connectivity index (χ0) is 17.9. The maximum absolute atomic E-state index is 12.8. The van der Waals surface area contributed by atoms with Crippen LogP contribution in [0.1, 0.15) is 49.5 Å². The third-order valence-corrected chi connectivity index (χ3v) is 6.94. The number of carbonyl (C=O) groups excluding carboxylic acids is 1. The molecule has 0 aliphatic carbocycles. The molecule has 1 aromatic rings. The Kier molecular flexibility index (Phi) is 5.61. The van der Waals surface area contributed by atoms with Crippen molar-refractivity contribution in [3.8, 4) is 0 Å².